The van der Waals surface area contributed by atoms with Crippen molar-refractivity contribution in [3.8, 4) is 10.4 Å². The molecule has 0 amide bonds. The topological polar surface area (TPSA) is 75.3 Å². The lowest BCUT2D eigenvalue weighted by Gasteiger charge is -2.29. The average molecular weight is 348 g/mol. The van der Waals surface area contributed by atoms with Crippen molar-refractivity contribution in [2.24, 2.45) is 11.3 Å². The fourth-order valence-electron chi connectivity index (χ4n) is 3.36. The Morgan fingerprint density at radius 3 is 2.88 bits per heavy atom. The molecule has 0 aliphatic heterocycles. The minimum absolute atomic E-state index is 0.0825. The molecule has 4 nitrogen and oxygen atoms in total. The molecule has 1 aromatic heterocycles. The van der Waals surface area contributed by atoms with Gasteiger partial charge in [0.2, 0.25) is 0 Å². The van der Waals surface area contributed by atoms with Crippen LogP contribution in [0.5, 0.6) is 0 Å². The van der Waals surface area contributed by atoms with Gasteiger partial charge in [0, 0.05) is 16.3 Å². The van der Waals surface area contributed by atoms with E-state index in [0.29, 0.717) is 22.5 Å². The first-order chi connectivity index (χ1) is 11.3. The van der Waals surface area contributed by atoms with Crippen molar-refractivity contribution >= 4 is 17.3 Å². The molecule has 0 saturated carbocycles. The molecule has 0 radical (unpaired) electrons. The van der Waals surface area contributed by atoms with Gasteiger partial charge in [0.25, 0.3) is 0 Å². The van der Waals surface area contributed by atoms with E-state index >= 15 is 0 Å². The van der Waals surface area contributed by atoms with Crippen LogP contribution in [-0.4, -0.2) is 11.1 Å². The molecule has 6 heteroatoms. The molecule has 128 valence electrons. The molecular weight excluding hydrogens is 327 g/mol. The quantitative estimate of drug-likeness (QED) is 0.581. The summed E-state index contributed by atoms with van der Waals surface area (Å²) in [7, 11) is 0. The van der Waals surface area contributed by atoms with E-state index in [1.807, 2.05) is 0 Å². The van der Waals surface area contributed by atoms with E-state index in [2.05, 4.69) is 19.3 Å². The van der Waals surface area contributed by atoms with E-state index in [1.165, 1.54) is 23.5 Å². The van der Waals surface area contributed by atoms with Crippen molar-refractivity contribution in [3.05, 3.63) is 45.6 Å². The molecule has 0 atom stereocenters. The van der Waals surface area contributed by atoms with Crippen LogP contribution in [0.15, 0.2) is 18.2 Å². The van der Waals surface area contributed by atoms with Crippen LogP contribution in [0, 0.1) is 11.2 Å². The van der Waals surface area contributed by atoms with Crippen LogP contribution in [0.3, 0.4) is 0 Å². The number of nitrogens with two attached hydrogens (primary N) is 1. The molecule has 1 heterocycles. The van der Waals surface area contributed by atoms with Gasteiger partial charge in [-0.25, -0.2) is 9.18 Å². The molecule has 0 spiro atoms. The Labute approximate surface area is 144 Å². The van der Waals surface area contributed by atoms with Gasteiger partial charge >= 0.3 is 5.97 Å². The number of hydrogen-bond donors (Lipinski definition) is 3. The third-order valence-electron chi connectivity index (χ3n) is 4.60. The molecular formula is C18H21FN2O2S. The Morgan fingerprint density at radius 1 is 1.46 bits per heavy atom. The van der Waals surface area contributed by atoms with Crippen molar-refractivity contribution in [2.45, 2.75) is 39.7 Å². The Kier molecular flexibility index (Phi) is 4.46. The molecule has 0 fully saturated rings. The van der Waals surface area contributed by atoms with Crippen LogP contribution >= 0.6 is 11.3 Å². The summed E-state index contributed by atoms with van der Waals surface area (Å²) < 4.78 is 13.8. The van der Waals surface area contributed by atoms with E-state index in [9.17, 15) is 14.3 Å². The lowest BCUT2D eigenvalue weighted by Crippen LogP contribution is -2.22. The number of carboxylic acids is 1. The molecule has 0 bridgehead atoms. The van der Waals surface area contributed by atoms with Crippen molar-refractivity contribution in [1.29, 1.82) is 0 Å². The van der Waals surface area contributed by atoms with E-state index in [-0.39, 0.29) is 11.2 Å². The highest BCUT2D eigenvalue weighted by molar-refractivity contribution is 7.16. The summed E-state index contributed by atoms with van der Waals surface area (Å²) >= 11 is 1.48. The second-order valence-corrected chi connectivity index (χ2v) is 8.14. The monoisotopic (exact) mass is 348 g/mol. The first-order valence-electron chi connectivity index (χ1n) is 7.92. The Balaban J connectivity index is 2.21. The van der Waals surface area contributed by atoms with Gasteiger partial charge in [-0.2, -0.15) is 0 Å². The number of benzene rings is 1. The maximum Gasteiger partial charge on any atom is 0.337 e. The normalized spacial score (nSPS) is 16.0. The van der Waals surface area contributed by atoms with Crippen molar-refractivity contribution in [1.82, 2.24) is 5.43 Å². The Hall–Kier alpha value is -1.76. The second kappa shape index (κ2) is 6.27. The standard InChI is InChI=1S/C18H21FN2O2S/c1-18(2)6-5-14-13(8-18)15(17(22)23)16(24-14)12-7-11(19)4-3-10(12)9-21-20/h3-4,7,21H,5-6,8-9,20H2,1-2H3,(H,22,23). The van der Waals surface area contributed by atoms with Gasteiger partial charge in [0.15, 0.2) is 0 Å². The highest BCUT2D eigenvalue weighted by Gasteiger charge is 2.33. The van der Waals surface area contributed by atoms with Crippen LogP contribution in [0.4, 0.5) is 4.39 Å². The second-order valence-electron chi connectivity index (χ2n) is 7.04. The van der Waals surface area contributed by atoms with E-state index in [1.54, 1.807) is 6.07 Å². The third-order valence-corrected chi connectivity index (χ3v) is 5.92. The van der Waals surface area contributed by atoms with Crippen LogP contribution < -0.4 is 11.3 Å². The van der Waals surface area contributed by atoms with Gasteiger partial charge in [-0.15, -0.1) is 11.3 Å². The summed E-state index contributed by atoms with van der Waals surface area (Å²) in [4.78, 5) is 13.7. The number of nitrogens with one attached hydrogen (secondary N) is 1. The minimum Gasteiger partial charge on any atom is -0.478 e. The summed E-state index contributed by atoms with van der Waals surface area (Å²) in [5.41, 5.74) is 5.30. The number of hydrazine groups is 1. The van der Waals surface area contributed by atoms with E-state index < -0.39 is 5.97 Å². The Bertz CT molecular complexity index is 799. The fraction of sp³-hybridized carbons (Fsp3) is 0.389. The zero-order valence-electron chi connectivity index (χ0n) is 13.8. The zero-order chi connectivity index (χ0) is 17.5. The van der Waals surface area contributed by atoms with E-state index in [4.69, 9.17) is 5.84 Å². The molecule has 4 N–H and O–H groups in total. The highest BCUT2D eigenvalue weighted by atomic mass is 32.1. The number of thiophene rings is 1. The average Bonchev–Trinajstić information content (AvgIpc) is 2.86. The SMILES string of the molecule is CC1(C)CCc2sc(-c3cc(F)ccc3CNN)c(C(=O)O)c2C1. The fourth-order valence-corrected chi connectivity index (χ4v) is 4.72. The minimum atomic E-state index is -0.948. The van der Waals surface area contributed by atoms with Gasteiger partial charge < -0.3 is 5.11 Å². The van der Waals surface area contributed by atoms with Gasteiger partial charge in [0.1, 0.15) is 5.82 Å². The number of halogens is 1. The molecule has 1 aliphatic rings. The van der Waals surface area contributed by atoms with Gasteiger partial charge in [-0.1, -0.05) is 19.9 Å². The molecule has 2 aromatic rings. The predicted octanol–water partition coefficient (Wildman–Crippen LogP) is 3.73. The number of aromatic carboxylic acids is 1. The molecule has 1 aliphatic carbocycles. The summed E-state index contributed by atoms with van der Waals surface area (Å²) in [6, 6.07) is 4.42. The number of fused-ring (bicyclic) bond motifs is 1. The van der Waals surface area contributed by atoms with Gasteiger partial charge in [-0.3, -0.25) is 11.3 Å². The molecule has 0 unspecified atom stereocenters. The number of carboxylic acid groups (broad SMARTS) is 1. The summed E-state index contributed by atoms with van der Waals surface area (Å²) in [5, 5.41) is 9.80. The maximum absolute atomic E-state index is 13.8. The van der Waals surface area contributed by atoms with Crippen LogP contribution in [0.1, 0.15) is 46.6 Å². The van der Waals surface area contributed by atoms with Gasteiger partial charge in [0.05, 0.1) is 5.56 Å². The number of hydrogen-bond acceptors (Lipinski definition) is 4. The van der Waals surface area contributed by atoms with Crippen LogP contribution in [0.2, 0.25) is 0 Å². The lowest BCUT2D eigenvalue weighted by atomic mass is 9.76. The predicted molar refractivity (Wildman–Crippen MR) is 93.5 cm³/mol. The third kappa shape index (κ3) is 3.09. The van der Waals surface area contributed by atoms with Crippen molar-refractivity contribution in [3.63, 3.8) is 0 Å². The molecule has 0 saturated heterocycles. The molecule has 3 rings (SSSR count). The lowest BCUT2D eigenvalue weighted by molar-refractivity contribution is 0.0696. The largest absolute Gasteiger partial charge is 0.478 e. The first kappa shape index (κ1) is 17.1. The summed E-state index contributed by atoms with van der Waals surface area (Å²) in [6.45, 7) is 4.67. The smallest absolute Gasteiger partial charge is 0.337 e. The number of aryl methyl sites for hydroxylation is 1. The molecule has 1 aromatic carbocycles. The Morgan fingerprint density at radius 2 is 2.21 bits per heavy atom. The summed E-state index contributed by atoms with van der Waals surface area (Å²) in [5.74, 6) is 4.09. The highest BCUT2D eigenvalue weighted by Crippen LogP contribution is 2.45. The maximum atomic E-state index is 13.8. The number of carbonyl (C=O) groups is 1. The van der Waals surface area contributed by atoms with Crippen LogP contribution in [0.25, 0.3) is 10.4 Å². The zero-order valence-corrected chi connectivity index (χ0v) is 14.6. The van der Waals surface area contributed by atoms with Gasteiger partial charge in [-0.05, 0) is 53.5 Å². The molecule has 24 heavy (non-hydrogen) atoms. The van der Waals surface area contributed by atoms with Crippen molar-refractivity contribution < 1.29 is 14.3 Å². The summed E-state index contributed by atoms with van der Waals surface area (Å²) in [6.07, 6.45) is 2.63. The van der Waals surface area contributed by atoms with Crippen molar-refractivity contribution in [2.75, 3.05) is 0 Å². The van der Waals surface area contributed by atoms with E-state index in [0.717, 1.165) is 35.3 Å². The first-order valence-corrected chi connectivity index (χ1v) is 8.74. The number of rotatable bonds is 4. The van der Waals surface area contributed by atoms with Crippen LogP contribution in [-0.2, 0) is 19.4 Å².